The monoisotopic (exact) mass is 236 g/mol. The van der Waals surface area contributed by atoms with E-state index >= 15 is 0 Å². The Bertz CT molecular complexity index is 240. The number of rotatable bonds is 7. The number of hydrogen-bond donors (Lipinski definition) is 5. The van der Waals surface area contributed by atoms with E-state index in [-0.39, 0.29) is 12.5 Å². The third-order valence-electron chi connectivity index (χ3n) is 2.42. The Morgan fingerprint density at radius 2 is 1.81 bits per heavy atom. The average molecular weight is 236 g/mol. The maximum atomic E-state index is 11.3. The van der Waals surface area contributed by atoms with Gasteiger partial charge in [-0.2, -0.15) is 0 Å². The molecule has 5 atom stereocenters. The fourth-order valence-electron chi connectivity index (χ4n) is 1.24. The van der Waals surface area contributed by atoms with Gasteiger partial charge in [-0.15, -0.1) is 0 Å². The van der Waals surface area contributed by atoms with Crippen molar-refractivity contribution in [3.05, 3.63) is 0 Å². The molecule has 5 unspecified atom stereocenters. The molecule has 7 heteroatoms. The summed E-state index contributed by atoms with van der Waals surface area (Å²) in [5.41, 5.74) is 0. The number of carbonyl (C=O) groups excluding carboxylic acids is 1. The SMILES string of the molecule is O=C(CC1CO1)C(O)C(O)C(O)C(O)CO. The summed E-state index contributed by atoms with van der Waals surface area (Å²) in [6.07, 6.45) is -7.26. The fourth-order valence-corrected chi connectivity index (χ4v) is 1.24. The van der Waals surface area contributed by atoms with Crippen LogP contribution >= 0.6 is 0 Å². The molecule has 1 rings (SSSR count). The van der Waals surface area contributed by atoms with Crippen molar-refractivity contribution in [3.63, 3.8) is 0 Å². The van der Waals surface area contributed by atoms with Crippen molar-refractivity contribution in [2.24, 2.45) is 0 Å². The summed E-state index contributed by atoms with van der Waals surface area (Å²) in [6, 6.07) is 0. The lowest BCUT2D eigenvalue weighted by Gasteiger charge is -2.24. The van der Waals surface area contributed by atoms with Gasteiger partial charge in [-0.05, 0) is 0 Å². The van der Waals surface area contributed by atoms with Gasteiger partial charge in [-0.3, -0.25) is 4.79 Å². The largest absolute Gasteiger partial charge is 0.394 e. The van der Waals surface area contributed by atoms with E-state index in [1.54, 1.807) is 0 Å². The predicted octanol–water partition coefficient (Wildman–Crippen LogP) is -3.22. The van der Waals surface area contributed by atoms with Crippen molar-refractivity contribution in [1.82, 2.24) is 0 Å². The van der Waals surface area contributed by atoms with Crippen LogP contribution in [0.4, 0.5) is 0 Å². The van der Waals surface area contributed by atoms with Gasteiger partial charge in [-0.25, -0.2) is 0 Å². The first-order chi connectivity index (χ1) is 7.47. The minimum Gasteiger partial charge on any atom is -0.394 e. The summed E-state index contributed by atoms with van der Waals surface area (Å²) < 4.78 is 4.77. The number of carbonyl (C=O) groups is 1. The van der Waals surface area contributed by atoms with E-state index < -0.39 is 36.8 Å². The highest BCUT2D eigenvalue weighted by molar-refractivity contribution is 5.84. The Labute approximate surface area is 91.9 Å². The zero-order valence-electron chi connectivity index (χ0n) is 8.56. The van der Waals surface area contributed by atoms with Gasteiger partial charge in [0, 0.05) is 6.42 Å². The lowest BCUT2D eigenvalue weighted by molar-refractivity contribution is -0.147. The van der Waals surface area contributed by atoms with Gasteiger partial charge in [0.2, 0.25) is 0 Å². The van der Waals surface area contributed by atoms with Crippen LogP contribution in [0.5, 0.6) is 0 Å². The van der Waals surface area contributed by atoms with Crippen LogP contribution in [0.2, 0.25) is 0 Å². The first-order valence-electron chi connectivity index (χ1n) is 4.94. The summed E-state index contributed by atoms with van der Waals surface area (Å²) in [5.74, 6) is -0.667. The van der Waals surface area contributed by atoms with Gasteiger partial charge in [-0.1, -0.05) is 0 Å². The van der Waals surface area contributed by atoms with Crippen molar-refractivity contribution in [1.29, 1.82) is 0 Å². The highest BCUT2D eigenvalue weighted by Gasteiger charge is 2.36. The van der Waals surface area contributed by atoms with Crippen molar-refractivity contribution < 1.29 is 35.1 Å². The maximum Gasteiger partial charge on any atom is 0.166 e. The smallest absolute Gasteiger partial charge is 0.166 e. The normalized spacial score (nSPS) is 26.9. The van der Waals surface area contributed by atoms with E-state index in [4.69, 9.17) is 14.9 Å². The fraction of sp³-hybridized carbons (Fsp3) is 0.889. The minimum atomic E-state index is -1.83. The molecule has 0 spiro atoms. The summed E-state index contributed by atoms with van der Waals surface area (Å²) >= 11 is 0. The second-order valence-electron chi connectivity index (χ2n) is 3.80. The van der Waals surface area contributed by atoms with E-state index in [0.29, 0.717) is 6.61 Å². The van der Waals surface area contributed by atoms with Crippen molar-refractivity contribution in [2.75, 3.05) is 13.2 Å². The first kappa shape index (κ1) is 13.5. The first-order valence-corrected chi connectivity index (χ1v) is 4.94. The van der Waals surface area contributed by atoms with Gasteiger partial charge in [0.25, 0.3) is 0 Å². The molecule has 94 valence electrons. The van der Waals surface area contributed by atoms with Crippen LogP contribution in [0.25, 0.3) is 0 Å². The van der Waals surface area contributed by atoms with Crippen LogP contribution in [-0.2, 0) is 9.53 Å². The van der Waals surface area contributed by atoms with E-state index in [9.17, 15) is 20.1 Å². The molecule has 0 bridgehead atoms. The zero-order valence-corrected chi connectivity index (χ0v) is 8.56. The Morgan fingerprint density at radius 3 is 2.25 bits per heavy atom. The molecule has 0 aromatic heterocycles. The molecule has 7 nitrogen and oxygen atoms in total. The summed E-state index contributed by atoms with van der Waals surface area (Å²) in [4.78, 5) is 11.3. The minimum absolute atomic E-state index is 0.0415. The number of aliphatic hydroxyl groups is 5. The molecule has 1 heterocycles. The Morgan fingerprint density at radius 1 is 1.25 bits per heavy atom. The molecule has 5 N–H and O–H groups in total. The lowest BCUT2D eigenvalue weighted by Crippen LogP contribution is -2.48. The molecule has 1 aliphatic rings. The lowest BCUT2D eigenvalue weighted by atomic mass is 9.98. The number of aliphatic hydroxyl groups excluding tert-OH is 5. The van der Waals surface area contributed by atoms with Crippen LogP contribution in [0.15, 0.2) is 0 Å². The van der Waals surface area contributed by atoms with Crippen molar-refractivity contribution >= 4 is 5.78 Å². The highest BCUT2D eigenvalue weighted by atomic mass is 16.6. The molecule has 0 aromatic carbocycles. The molecule has 0 amide bonds. The van der Waals surface area contributed by atoms with Crippen LogP contribution in [-0.4, -0.2) is 75.0 Å². The third-order valence-corrected chi connectivity index (χ3v) is 2.42. The van der Waals surface area contributed by atoms with Gasteiger partial charge < -0.3 is 30.3 Å². The molecule has 16 heavy (non-hydrogen) atoms. The highest BCUT2D eigenvalue weighted by Crippen LogP contribution is 2.16. The van der Waals surface area contributed by atoms with Crippen LogP contribution in [0.1, 0.15) is 6.42 Å². The summed E-state index contributed by atoms with van der Waals surface area (Å²) in [7, 11) is 0. The van der Waals surface area contributed by atoms with E-state index in [2.05, 4.69) is 0 Å². The zero-order chi connectivity index (χ0) is 12.3. The van der Waals surface area contributed by atoms with Gasteiger partial charge in [0.1, 0.15) is 24.4 Å². The second kappa shape index (κ2) is 5.67. The molecule has 1 aliphatic heterocycles. The van der Waals surface area contributed by atoms with E-state index in [1.165, 1.54) is 0 Å². The maximum absolute atomic E-state index is 11.3. The molecular weight excluding hydrogens is 220 g/mol. The molecule has 0 saturated carbocycles. The number of Topliss-reactive ketones (excluding diaryl/α,β-unsaturated/α-hetero) is 1. The van der Waals surface area contributed by atoms with Gasteiger partial charge in [0.15, 0.2) is 5.78 Å². The number of ether oxygens (including phenoxy) is 1. The standard InChI is InChI=1S/C9H16O7/c10-2-6(12)8(14)9(15)7(13)5(11)1-4-3-16-4/h4,6-10,12-15H,1-3H2. The van der Waals surface area contributed by atoms with Crippen LogP contribution in [0.3, 0.4) is 0 Å². The number of hydrogen-bond acceptors (Lipinski definition) is 7. The van der Waals surface area contributed by atoms with Crippen molar-refractivity contribution in [2.45, 2.75) is 36.9 Å². The van der Waals surface area contributed by atoms with Gasteiger partial charge >= 0.3 is 0 Å². The van der Waals surface area contributed by atoms with Gasteiger partial charge in [0.05, 0.1) is 19.3 Å². The number of ketones is 1. The van der Waals surface area contributed by atoms with Crippen molar-refractivity contribution in [3.8, 4) is 0 Å². The summed E-state index contributed by atoms with van der Waals surface area (Å²) in [6.45, 7) is -0.332. The molecule has 0 aliphatic carbocycles. The molecule has 1 fully saturated rings. The predicted molar refractivity (Wildman–Crippen MR) is 50.5 cm³/mol. The Balaban J connectivity index is 2.43. The molecule has 0 radical (unpaired) electrons. The van der Waals surface area contributed by atoms with Crippen LogP contribution in [0, 0.1) is 0 Å². The number of epoxide rings is 1. The third kappa shape index (κ3) is 3.48. The Kier molecular flexibility index (Phi) is 4.78. The summed E-state index contributed by atoms with van der Waals surface area (Å²) in [5, 5.41) is 45.5. The van der Waals surface area contributed by atoms with E-state index in [0.717, 1.165) is 0 Å². The van der Waals surface area contributed by atoms with Crippen LogP contribution < -0.4 is 0 Å². The molecule has 0 aromatic rings. The topological polar surface area (TPSA) is 131 Å². The molecular formula is C9H16O7. The quantitative estimate of drug-likeness (QED) is 0.294. The Hall–Kier alpha value is -0.570. The molecule has 1 saturated heterocycles. The second-order valence-corrected chi connectivity index (χ2v) is 3.80. The van der Waals surface area contributed by atoms with E-state index in [1.807, 2.05) is 0 Å². The average Bonchev–Trinajstić information content (AvgIpc) is 3.08.